The zero-order valence-electron chi connectivity index (χ0n) is 10.7. The van der Waals surface area contributed by atoms with Crippen LogP contribution in [0.25, 0.3) is 0 Å². The predicted molar refractivity (Wildman–Crippen MR) is 67.9 cm³/mol. The number of aliphatic hydroxyl groups excluding tert-OH is 1. The van der Waals surface area contributed by atoms with Crippen molar-refractivity contribution in [2.24, 2.45) is 0 Å². The van der Waals surface area contributed by atoms with Crippen LogP contribution in [0.2, 0.25) is 0 Å². The molecule has 0 bridgehead atoms. The minimum atomic E-state index is 0.172. The first-order valence-electron chi connectivity index (χ1n) is 5.76. The van der Waals surface area contributed by atoms with Gasteiger partial charge in [0, 0.05) is 6.54 Å². The van der Waals surface area contributed by atoms with Crippen LogP contribution in [0.1, 0.15) is 11.1 Å². The highest BCUT2D eigenvalue weighted by Crippen LogP contribution is 2.30. The van der Waals surface area contributed by atoms with Gasteiger partial charge in [0.1, 0.15) is 0 Å². The van der Waals surface area contributed by atoms with Crippen molar-refractivity contribution in [3.8, 4) is 11.5 Å². The molecule has 4 nitrogen and oxygen atoms in total. The van der Waals surface area contributed by atoms with E-state index in [9.17, 15) is 0 Å². The van der Waals surface area contributed by atoms with Gasteiger partial charge in [0.15, 0.2) is 11.5 Å². The van der Waals surface area contributed by atoms with Crippen LogP contribution in [-0.4, -0.2) is 39.0 Å². The Bertz CT molecular complexity index is 353. The minimum absolute atomic E-state index is 0.172. The van der Waals surface area contributed by atoms with Gasteiger partial charge in [0.25, 0.3) is 0 Å². The summed E-state index contributed by atoms with van der Waals surface area (Å²) in [5, 5.41) is 11.8. The first-order chi connectivity index (χ1) is 8.22. The Labute approximate surface area is 103 Å². The SMILES string of the molecule is COc1cc(C)c(CCNCCO)cc1OC. The topological polar surface area (TPSA) is 50.7 Å². The molecular weight excluding hydrogens is 218 g/mol. The van der Waals surface area contributed by atoms with E-state index in [4.69, 9.17) is 14.6 Å². The molecule has 0 saturated heterocycles. The molecule has 0 aliphatic rings. The number of hydrogen-bond acceptors (Lipinski definition) is 4. The van der Waals surface area contributed by atoms with Crippen molar-refractivity contribution in [3.05, 3.63) is 23.3 Å². The summed E-state index contributed by atoms with van der Waals surface area (Å²) < 4.78 is 10.5. The lowest BCUT2D eigenvalue weighted by atomic mass is 10.0. The largest absolute Gasteiger partial charge is 0.493 e. The Morgan fingerprint density at radius 2 is 1.76 bits per heavy atom. The molecule has 0 atom stereocenters. The summed E-state index contributed by atoms with van der Waals surface area (Å²) in [6.45, 7) is 3.71. The maximum atomic E-state index is 8.67. The summed E-state index contributed by atoms with van der Waals surface area (Å²) in [6, 6.07) is 4.00. The fourth-order valence-corrected chi connectivity index (χ4v) is 1.72. The lowest BCUT2D eigenvalue weighted by Gasteiger charge is -2.13. The summed E-state index contributed by atoms with van der Waals surface area (Å²) in [5.41, 5.74) is 2.42. The molecule has 0 aliphatic heterocycles. The van der Waals surface area contributed by atoms with Gasteiger partial charge in [-0.05, 0) is 43.1 Å². The molecule has 0 aromatic heterocycles. The van der Waals surface area contributed by atoms with Gasteiger partial charge in [0.05, 0.1) is 20.8 Å². The number of nitrogens with one attached hydrogen (secondary N) is 1. The highest BCUT2D eigenvalue weighted by Gasteiger charge is 2.07. The van der Waals surface area contributed by atoms with Crippen molar-refractivity contribution >= 4 is 0 Å². The highest BCUT2D eigenvalue weighted by molar-refractivity contribution is 5.47. The van der Waals surface area contributed by atoms with Crippen molar-refractivity contribution < 1.29 is 14.6 Å². The van der Waals surface area contributed by atoms with E-state index in [0.717, 1.165) is 24.5 Å². The number of ether oxygens (including phenoxy) is 2. The molecule has 0 saturated carbocycles. The van der Waals surface area contributed by atoms with E-state index < -0.39 is 0 Å². The second kappa shape index (κ2) is 7.14. The first-order valence-corrected chi connectivity index (χ1v) is 5.76. The summed E-state index contributed by atoms with van der Waals surface area (Å²) in [6.07, 6.45) is 0.909. The molecule has 0 fully saturated rings. The van der Waals surface area contributed by atoms with Crippen molar-refractivity contribution in [2.75, 3.05) is 33.9 Å². The van der Waals surface area contributed by atoms with E-state index in [0.29, 0.717) is 6.54 Å². The van der Waals surface area contributed by atoms with Gasteiger partial charge in [-0.3, -0.25) is 0 Å². The van der Waals surface area contributed by atoms with Crippen molar-refractivity contribution in [3.63, 3.8) is 0 Å². The summed E-state index contributed by atoms with van der Waals surface area (Å²) in [7, 11) is 3.28. The van der Waals surface area contributed by atoms with E-state index in [1.54, 1.807) is 14.2 Å². The standard InChI is InChI=1S/C13H21NO3/c1-10-8-12(16-2)13(17-3)9-11(10)4-5-14-6-7-15/h8-9,14-15H,4-7H2,1-3H3. The number of methoxy groups -OCH3 is 2. The minimum Gasteiger partial charge on any atom is -0.493 e. The molecule has 0 heterocycles. The average molecular weight is 239 g/mol. The van der Waals surface area contributed by atoms with E-state index in [-0.39, 0.29) is 6.61 Å². The molecule has 0 radical (unpaired) electrons. The van der Waals surface area contributed by atoms with Crippen LogP contribution in [-0.2, 0) is 6.42 Å². The fourth-order valence-electron chi connectivity index (χ4n) is 1.72. The molecule has 4 heteroatoms. The van der Waals surface area contributed by atoms with Crippen LogP contribution in [0.5, 0.6) is 11.5 Å². The average Bonchev–Trinajstić information content (AvgIpc) is 2.35. The maximum absolute atomic E-state index is 8.67. The highest BCUT2D eigenvalue weighted by atomic mass is 16.5. The zero-order valence-corrected chi connectivity index (χ0v) is 10.7. The third-order valence-corrected chi connectivity index (χ3v) is 2.70. The Hall–Kier alpha value is -1.26. The second-order valence-corrected chi connectivity index (χ2v) is 3.86. The molecule has 0 spiro atoms. The molecule has 0 unspecified atom stereocenters. The fraction of sp³-hybridized carbons (Fsp3) is 0.538. The first kappa shape index (κ1) is 13.8. The third-order valence-electron chi connectivity index (χ3n) is 2.70. The van der Waals surface area contributed by atoms with Crippen LogP contribution >= 0.6 is 0 Å². The second-order valence-electron chi connectivity index (χ2n) is 3.86. The van der Waals surface area contributed by atoms with Gasteiger partial charge >= 0.3 is 0 Å². The molecule has 2 N–H and O–H groups in total. The summed E-state index contributed by atoms with van der Waals surface area (Å²) >= 11 is 0. The van der Waals surface area contributed by atoms with Crippen LogP contribution in [0.15, 0.2) is 12.1 Å². The van der Waals surface area contributed by atoms with E-state index in [2.05, 4.69) is 12.2 Å². The van der Waals surface area contributed by atoms with Gasteiger partial charge in [-0.15, -0.1) is 0 Å². The number of benzene rings is 1. The number of rotatable bonds is 7. The molecule has 1 rings (SSSR count). The molecule has 17 heavy (non-hydrogen) atoms. The third kappa shape index (κ3) is 3.91. The van der Waals surface area contributed by atoms with Gasteiger partial charge in [-0.1, -0.05) is 0 Å². The molecular formula is C13H21NO3. The van der Waals surface area contributed by atoms with E-state index in [1.165, 1.54) is 11.1 Å². The smallest absolute Gasteiger partial charge is 0.161 e. The summed E-state index contributed by atoms with van der Waals surface area (Å²) in [5.74, 6) is 1.52. The Morgan fingerprint density at radius 1 is 1.12 bits per heavy atom. The van der Waals surface area contributed by atoms with Crippen LogP contribution in [0.3, 0.4) is 0 Å². The normalized spacial score (nSPS) is 10.4. The Balaban J connectivity index is 2.71. The predicted octanol–water partition coefficient (Wildman–Crippen LogP) is 1.14. The molecule has 0 aliphatic carbocycles. The van der Waals surface area contributed by atoms with Crippen molar-refractivity contribution in [1.29, 1.82) is 0 Å². The van der Waals surface area contributed by atoms with Crippen LogP contribution in [0, 0.1) is 6.92 Å². The number of hydrogen-bond donors (Lipinski definition) is 2. The lowest BCUT2D eigenvalue weighted by Crippen LogP contribution is -2.21. The number of aryl methyl sites for hydroxylation is 1. The van der Waals surface area contributed by atoms with Crippen LogP contribution in [0.4, 0.5) is 0 Å². The summed E-state index contributed by atoms with van der Waals surface area (Å²) in [4.78, 5) is 0. The Kier molecular flexibility index (Phi) is 5.80. The lowest BCUT2D eigenvalue weighted by molar-refractivity contribution is 0.293. The van der Waals surface area contributed by atoms with E-state index in [1.807, 2.05) is 12.1 Å². The van der Waals surface area contributed by atoms with Gasteiger partial charge in [-0.2, -0.15) is 0 Å². The quantitative estimate of drug-likeness (QED) is 0.701. The number of aliphatic hydroxyl groups is 1. The van der Waals surface area contributed by atoms with Gasteiger partial charge in [-0.25, -0.2) is 0 Å². The Morgan fingerprint density at radius 3 is 2.35 bits per heavy atom. The van der Waals surface area contributed by atoms with Crippen molar-refractivity contribution in [2.45, 2.75) is 13.3 Å². The maximum Gasteiger partial charge on any atom is 0.161 e. The molecule has 96 valence electrons. The van der Waals surface area contributed by atoms with Crippen LogP contribution < -0.4 is 14.8 Å². The van der Waals surface area contributed by atoms with E-state index >= 15 is 0 Å². The molecule has 1 aromatic carbocycles. The molecule has 0 amide bonds. The van der Waals surface area contributed by atoms with Gasteiger partial charge in [0.2, 0.25) is 0 Å². The van der Waals surface area contributed by atoms with Crippen molar-refractivity contribution in [1.82, 2.24) is 5.32 Å². The monoisotopic (exact) mass is 239 g/mol. The van der Waals surface area contributed by atoms with Gasteiger partial charge < -0.3 is 19.9 Å². The molecule has 1 aromatic rings. The zero-order chi connectivity index (χ0) is 12.7.